The van der Waals surface area contributed by atoms with Gasteiger partial charge < -0.3 is 9.47 Å². The van der Waals surface area contributed by atoms with Crippen molar-refractivity contribution in [3.8, 4) is 5.75 Å². The molecule has 114 valence electrons. The SMILES string of the molecule is CCCn1ncc(OC)c1C(=O)CCOCC(F)(F)F. The molecule has 0 spiro atoms. The number of Topliss-reactive ketones (excluding diaryl/α,β-unsaturated/α-hetero) is 1. The fourth-order valence-electron chi connectivity index (χ4n) is 1.65. The van der Waals surface area contributed by atoms with Crippen molar-refractivity contribution in [1.29, 1.82) is 0 Å². The Morgan fingerprint density at radius 1 is 1.45 bits per heavy atom. The van der Waals surface area contributed by atoms with Gasteiger partial charge in [0.2, 0.25) is 0 Å². The molecule has 0 aromatic carbocycles. The number of carbonyl (C=O) groups is 1. The maximum absolute atomic E-state index is 12.0. The summed E-state index contributed by atoms with van der Waals surface area (Å²) in [6.45, 7) is 0.813. The average Bonchev–Trinajstić information content (AvgIpc) is 2.76. The van der Waals surface area contributed by atoms with Crippen molar-refractivity contribution >= 4 is 5.78 Å². The zero-order valence-electron chi connectivity index (χ0n) is 11.4. The van der Waals surface area contributed by atoms with Crippen LogP contribution in [0.15, 0.2) is 6.20 Å². The van der Waals surface area contributed by atoms with Crippen LogP contribution in [0.3, 0.4) is 0 Å². The van der Waals surface area contributed by atoms with E-state index in [0.717, 1.165) is 6.42 Å². The van der Waals surface area contributed by atoms with Crippen molar-refractivity contribution in [3.63, 3.8) is 0 Å². The second kappa shape index (κ2) is 7.28. The van der Waals surface area contributed by atoms with E-state index in [1.165, 1.54) is 18.0 Å². The van der Waals surface area contributed by atoms with E-state index in [1.807, 2.05) is 6.92 Å². The number of hydrogen-bond donors (Lipinski definition) is 0. The first-order valence-electron chi connectivity index (χ1n) is 6.16. The third kappa shape index (κ3) is 4.84. The molecule has 0 bridgehead atoms. The minimum atomic E-state index is -4.38. The van der Waals surface area contributed by atoms with Crippen LogP contribution in [0.5, 0.6) is 5.75 Å². The van der Waals surface area contributed by atoms with Crippen LogP contribution in [-0.2, 0) is 11.3 Å². The van der Waals surface area contributed by atoms with Crippen LogP contribution in [0.4, 0.5) is 13.2 Å². The number of carbonyl (C=O) groups excluding carboxylic acids is 1. The number of aromatic nitrogens is 2. The van der Waals surface area contributed by atoms with Crippen molar-refractivity contribution in [1.82, 2.24) is 9.78 Å². The summed E-state index contributed by atoms with van der Waals surface area (Å²) < 4.78 is 46.6. The monoisotopic (exact) mass is 294 g/mol. The highest BCUT2D eigenvalue weighted by Crippen LogP contribution is 2.20. The van der Waals surface area contributed by atoms with Gasteiger partial charge >= 0.3 is 6.18 Å². The Hall–Kier alpha value is -1.57. The molecule has 0 atom stereocenters. The summed E-state index contributed by atoms with van der Waals surface area (Å²) in [6.07, 6.45) is -2.35. The first-order chi connectivity index (χ1) is 9.39. The maximum atomic E-state index is 12.0. The van der Waals surface area contributed by atoms with E-state index >= 15 is 0 Å². The third-order valence-corrected chi connectivity index (χ3v) is 2.46. The van der Waals surface area contributed by atoms with E-state index in [-0.39, 0.29) is 24.5 Å². The van der Waals surface area contributed by atoms with Gasteiger partial charge in [-0.2, -0.15) is 18.3 Å². The number of rotatable bonds is 8. The number of methoxy groups -OCH3 is 1. The molecule has 5 nitrogen and oxygen atoms in total. The Morgan fingerprint density at radius 2 is 2.15 bits per heavy atom. The largest absolute Gasteiger partial charge is 0.493 e. The van der Waals surface area contributed by atoms with Crippen LogP contribution in [0.1, 0.15) is 30.3 Å². The molecule has 1 aromatic rings. The molecule has 20 heavy (non-hydrogen) atoms. The molecule has 0 amide bonds. The summed E-state index contributed by atoms with van der Waals surface area (Å²) in [7, 11) is 1.41. The highest BCUT2D eigenvalue weighted by atomic mass is 19.4. The predicted octanol–water partition coefficient (Wildman–Crippen LogP) is 2.45. The highest BCUT2D eigenvalue weighted by molar-refractivity contribution is 5.97. The van der Waals surface area contributed by atoms with Gasteiger partial charge in [-0.05, 0) is 6.42 Å². The van der Waals surface area contributed by atoms with E-state index in [9.17, 15) is 18.0 Å². The van der Waals surface area contributed by atoms with E-state index < -0.39 is 12.8 Å². The number of hydrogen-bond acceptors (Lipinski definition) is 4. The van der Waals surface area contributed by atoms with Gasteiger partial charge in [-0.1, -0.05) is 6.92 Å². The van der Waals surface area contributed by atoms with E-state index in [1.54, 1.807) is 0 Å². The molecule has 1 rings (SSSR count). The van der Waals surface area contributed by atoms with Crippen LogP contribution >= 0.6 is 0 Å². The van der Waals surface area contributed by atoms with E-state index in [4.69, 9.17) is 4.74 Å². The zero-order valence-corrected chi connectivity index (χ0v) is 11.4. The minimum Gasteiger partial charge on any atom is -0.493 e. The molecule has 0 radical (unpaired) electrons. The molecule has 0 fully saturated rings. The normalized spacial score (nSPS) is 11.7. The summed E-state index contributed by atoms with van der Waals surface area (Å²) in [6, 6.07) is 0. The predicted molar refractivity (Wildman–Crippen MR) is 64.9 cm³/mol. The van der Waals surface area contributed by atoms with Gasteiger partial charge in [0.1, 0.15) is 12.3 Å². The second-order valence-corrected chi connectivity index (χ2v) is 4.13. The summed E-state index contributed by atoms with van der Waals surface area (Å²) in [5.74, 6) is -0.0331. The molecule has 8 heteroatoms. The number of nitrogens with zero attached hydrogens (tertiary/aromatic N) is 2. The summed E-state index contributed by atoms with van der Waals surface area (Å²) in [4.78, 5) is 12.0. The van der Waals surface area contributed by atoms with Gasteiger partial charge in [0.05, 0.1) is 19.9 Å². The number of halogens is 3. The molecule has 1 aromatic heterocycles. The van der Waals surface area contributed by atoms with Gasteiger partial charge in [-0.15, -0.1) is 0 Å². The molecule has 0 unspecified atom stereocenters. The fraction of sp³-hybridized carbons (Fsp3) is 0.667. The average molecular weight is 294 g/mol. The molecule has 0 aliphatic rings. The Bertz CT molecular complexity index is 444. The van der Waals surface area contributed by atoms with Crippen molar-refractivity contribution in [2.24, 2.45) is 0 Å². The molecule has 0 N–H and O–H groups in total. The lowest BCUT2D eigenvalue weighted by molar-refractivity contribution is -0.173. The zero-order chi connectivity index (χ0) is 15.2. The van der Waals surface area contributed by atoms with Gasteiger partial charge in [0, 0.05) is 13.0 Å². The number of ether oxygens (including phenoxy) is 2. The van der Waals surface area contributed by atoms with E-state index in [0.29, 0.717) is 12.3 Å². The molecule has 0 aliphatic carbocycles. The first kappa shape index (κ1) is 16.5. The standard InChI is InChI=1S/C12H17F3N2O3/c1-3-5-17-11(10(19-2)7-16-17)9(18)4-6-20-8-12(13,14)15/h7H,3-6,8H2,1-2H3. The Kier molecular flexibility index (Phi) is 6.00. The van der Waals surface area contributed by atoms with Crippen molar-refractivity contribution < 1.29 is 27.4 Å². The quantitative estimate of drug-likeness (QED) is 0.546. The van der Waals surface area contributed by atoms with Gasteiger partial charge in [-0.3, -0.25) is 9.48 Å². The smallest absolute Gasteiger partial charge is 0.411 e. The summed E-state index contributed by atoms with van der Waals surface area (Å²) in [5.41, 5.74) is 0.268. The topological polar surface area (TPSA) is 53.4 Å². The van der Waals surface area contributed by atoms with Crippen LogP contribution in [0.25, 0.3) is 0 Å². The number of aryl methyl sites for hydroxylation is 1. The van der Waals surface area contributed by atoms with Crippen molar-refractivity contribution in [2.45, 2.75) is 32.5 Å². The first-order valence-corrected chi connectivity index (χ1v) is 6.16. The van der Waals surface area contributed by atoms with Gasteiger partial charge in [0.15, 0.2) is 11.5 Å². The van der Waals surface area contributed by atoms with Crippen LogP contribution in [0, 0.1) is 0 Å². The third-order valence-electron chi connectivity index (χ3n) is 2.46. The van der Waals surface area contributed by atoms with Crippen molar-refractivity contribution in [2.75, 3.05) is 20.3 Å². The minimum absolute atomic E-state index is 0.151. The van der Waals surface area contributed by atoms with Gasteiger partial charge in [-0.25, -0.2) is 0 Å². The number of ketones is 1. The number of alkyl halides is 3. The van der Waals surface area contributed by atoms with Crippen molar-refractivity contribution in [3.05, 3.63) is 11.9 Å². The molecule has 0 saturated carbocycles. The molecular weight excluding hydrogens is 277 g/mol. The molecule has 0 saturated heterocycles. The lowest BCUT2D eigenvalue weighted by Crippen LogP contribution is -2.19. The second-order valence-electron chi connectivity index (χ2n) is 4.13. The Labute approximate surface area is 114 Å². The fourth-order valence-corrected chi connectivity index (χ4v) is 1.65. The molecule has 1 heterocycles. The Balaban J connectivity index is 2.60. The highest BCUT2D eigenvalue weighted by Gasteiger charge is 2.27. The van der Waals surface area contributed by atoms with Gasteiger partial charge in [0.25, 0.3) is 0 Å². The van der Waals surface area contributed by atoms with E-state index in [2.05, 4.69) is 9.84 Å². The lowest BCUT2D eigenvalue weighted by atomic mass is 10.2. The summed E-state index contributed by atoms with van der Waals surface area (Å²) >= 11 is 0. The van der Waals surface area contributed by atoms with Crippen LogP contribution < -0.4 is 4.74 Å². The lowest BCUT2D eigenvalue weighted by Gasteiger charge is -2.09. The summed E-state index contributed by atoms with van der Waals surface area (Å²) in [5, 5.41) is 4.02. The van der Waals surface area contributed by atoms with Crippen LogP contribution in [-0.4, -0.2) is 42.1 Å². The maximum Gasteiger partial charge on any atom is 0.411 e. The van der Waals surface area contributed by atoms with Crippen LogP contribution in [0.2, 0.25) is 0 Å². The molecule has 0 aliphatic heterocycles. The molecular formula is C12H17F3N2O3. The Morgan fingerprint density at radius 3 is 2.70 bits per heavy atom.